The second-order valence-corrected chi connectivity index (χ2v) is 22.1. The number of phenols is 1. The summed E-state index contributed by atoms with van der Waals surface area (Å²) in [5, 5.41) is 13.5. The summed E-state index contributed by atoms with van der Waals surface area (Å²) < 4.78 is 209. The number of hydrogen-bond donors (Lipinski definition) is 1. The highest BCUT2D eigenvalue weighted by Crippen LogP contribution is 2.48. The molecule has 0 radical (unpaired) electrons. The summed E-state index contributed by atoms with van der Waals surface area (Å²) in [6.45, 7) is -11.1. The zero-order valence-electron chi connectivity index (χ0n) is 65.6. The fourth-order valence-electron chi connectivity index (χ4n) is 9.32. The van der Waals surface area contributed by atoms with E-state index >= 15 is 0 Å². The Hall–Kier alpha value is -7.04. The van der Waals surface area contributed by atoms with Crippen molar-refractivity contribution in [3.05, 3.63) is 191 Å². The van der Waals surface area contributed by atoms with Crippen LogP contribution in [-0.2, 0) is 27.1 Å². The van der Waals surface area contributed by atoms with E-state index in [1.807, 2.05) is 120 Å². The van der Waals surface area contributed by atoms with E-state index in [4.69, 9.17) is 38.8 Å². The van der Waals surface area contributed by atoms with Gasteiger partial charge in [-0.05, 0) is 138 Å². The monoisotopic (exact) mass is 985 g/mol. The Morgan fingerprint density at radius 1 is 0.466 bits per heavy atom. The van der Waals surface area contributed by atoms with Crippen LogP contribution < -0.4 is 0 Å². The number of fused-ring (bicyclic) bond motifs is 1. The third kappa shape index (κ3) is 10.1. The quantitative estimate of drug-likeness (QED) is 0.173. The molecule has 0 atom stereocenters. The van der Waals surface area contributed by atoms with Crippen LogP contribution in [0.5, 0.6) is 5.75 Å². The van der Waals surface area contributed by atoms with Gasteiger partial charge in [0, 0.05) is 57.2 Å². The van der Waals surface area contributed by atoms with Crippen LogP contribution in [0.25, 0.3) is 83.9 Å². The molecule has 0 spiro atoms. The molecule has 0 saturated heterocycles. The summed E-state index contributed by atoms with van der Waals surface area (Å²) in [4.78, 5) is 10.0. The number of para-hydroxylation sites is 1. The van der Waals surface area contributed by atoms with Crippen LogP contribution in [0.3, 0.4) is 0 Å². The molecule has 73 heavy (non-hydrogen) atoms. The predicted octanol–water partition coefficient (Wildman–Crippen LogP) is 18.9. The fraction of sp³-hybridized carbons (Fsp3) is 0.304. The second-order valence-electron chi connectivity index (χ2n) is 22.1. The van der Waals surface area contributed by atoms with Crippen molar-refractivity contribution < 1.29 is 36.6 Å². The van der Waals surface area contributed by atoms with Gasteiger partial charge < -0.3 is 5.11 Å². The smallest absolute Gasteiger partial charge is 0.149 e. The van der Waals surface area contributed by atoms with Gasteiger partial charge in [-0.1, -0.05) is 213 Å². The standard InChI is InChI=1S/C69H75N3O/c1-43-42-70-59(41-54(43)46-30-32-50(33-31-46)65(2,3)4)49-34-48(35-51(36-49)66(5,6)7)53-28-23-29-60-61(53)71-64(56-39-52(67(8,9)10)40-58(63(56)73)69(14,15)16)72(60)62-55(45-26-21-18-22-27-45)37-47(38-57(62)68(11,12)13)44-24-19-17-20-25-44/h17-42,73H,1-16H3/i1D3,8D3,9D3,10D3,14D3,15D3,16D3,39D,40D. The van der Waals surface area contributed by atoms with E-state index in [1.165, 1.54) is 10.8 Å². The lowest BCUT2D eigenvalue weighted by Gasteiger charge is -2.30. The minimum absolute atomic E-state index is 0.00411. The second kappa shape index (κ2) is 18.5. The van der Waals surface area contributed by atoms with Crippen molar-refractivity contribution in [2.75, 3.05) is 0 Å². The molecule has 0 unspecified atom stereocenters. The van der Waals surface area contributed by atoms with Gasteiger partial charge >= 0.3 is 0 Å². The molecule has 2 heterocycles. The molecule has 0 saturated carbocycles. The lowest BCUT2D eigenvalue weighted by molar-refractivity contribution is 0.446. The first-order chi connectivity index (χ1) is 43.7. The Morgan fingerprint density at radius 2 is 1.10 bits per heavy atom. The average Bonchev–Trinajstić information content (AvgIpc) is 0.795. The number of benzene rings is 7. The highest BCUT2D eigenvalue weighted by molar-refractivity contribution is 5.99. The van der Waals surface area contributed by atoms with E-state index in [9.17, 15) is 7.85 Å². The SMILES string of the molecule is [2H]c1c(-c2nc3c(-c4cc(-c5cc(-c6ccc(C(C)(C)C)cc6)c(C([2H])([2H])[2H])cn5)cc(C(C)(C)C)c4)cccc3n2-c2c(-c3ccccc3)cc(-c3ccccc3)cc2C(C)(C)C)c(O)c(C(C([2H])([2H])[2H])(C([2H])([2H])[2H])C([2H])([2H])[2H])c([2H])c1C(C([2H])([2H])[2H])(C([2H])([2H])[2H])C([2H])([2H])[2H]. The first kappa shape index (κ1) is 29.6. The number of phenolic OH excluding ortho intramolecular Hbond substituents is 1. The molecule has 7 aromatic carbocycles. The molecule has 4 nitrogen and oxygen atoms in total. The Balaban J connectivity index is 1.58. The van der Waals surface area contributed by atoms with Crippen molar-refractivity contribution in [1.82, 2.24) is 14.5 Å². The van der Waals surface area contributed by atoms with Gasteiger partial charge in [0.25, 0.3) is 0 Å². The van der Waals surface area contributed by atoms with Gasteiger partial charge in [0.15, 0.2) is 0 Å². The molecule has 0 bridgehead atoms. The summed E-state index contributed by atoms with van der Waals surface area (Å²) in [5.41, 5.74) is -8.29. The largest absolute Gasteiger partial charge is 0.507 e. The normalized spacial score (nSPS) is 18.6. The van der Waals surface area contributed by atoms with Crippen molar-refractivity contribution in [3.63, 3.8) is 0 Å². The van der Waals surface area contributed by atoms with Gasteiger partial charge in [-0.25, -0.2) is 4.98 Å². The zero-order chi connectivity index (χ0) is 71.8. The maximum Gasteiger partial charge on any atom is 0.149 e. The Morgan fingerprint density at radius 3 is 1.71 bits per heavy atom. The van der Waals surface area contributed by atoms with Crippen LogP contribution in [0.15, 0.2) is 158 Å². The van der Waals surface area contributed by atoms with Crippen LogP contribution in [0.4, 0.5) is 0 Å². The maximum absolute atomic E-state index is 13.5. The summed E-state index contributed by atoms with van der Waals surface area (Å²) in [7, 11) is 0. The molecule has 2 aromatic heterocycles. The topological polar surface area (TPSA) is 50.9 Å². The molecule has 0 aliphatic carbocycles. The number of nitrogens with zero attached hydrogens (tertiary/aromatic N) is 3. The molecule has 372 valence electrons. The van der Waals surface area contributed by atoms with Gasteiger partial charge in [-0.3, -0.25) is 9.55 Å². The molecule has 9 rings (SSSR count). The highest BCUT2D eigenvalue weighted by Gasteiger charge is 2.32. The zero-order valence-corrected chi connectivity index (χ0v) is 42.6. The number of rotatable bonds is 7. The van der Waals surface area contributed by atoms with Crippen molar-refractivity contribution in [2.24, 2.45) is 0 Å². The van der Waals surface area contributed by atoms with Gasteiger partial charge in [-0.2, -0.15) is 0 Å². The lowest BCUT2D eigenvalue weighted by Crippen LogP contribution is -2.18. The number of aromatic hydroxyl groups is 1. The average molecular weight is 986 g/mol. The predicted molar refractivity (Wildman–Crippen MR) is 311 cm³/mol. The fourth-order valence-corrected chi connectivity index (χ4v) is 9.32. The number of aromatic nitrogens is 3. The van der Waals surface area contributed by atoms with Crippen LogP contribution in [0.1, 0.15) is 168 Å². The molecule has 4 heteroatoms. The van der Waals surface area contributed by atoms with E-state index in [1.54, 1.807) is 60.7 Å². The van der Waals surface area contributed by atoms with Crippen LogP contribution >= 0.6 is 0 Å². The number of hydrogen-bond acceptors (Lipinski definition) is 3. The molecular weight excluding hydrogens is 887 g/mol. The van der Waals surface area contributed by atoms with E-state index in [-0.39, 0.29) is 33.3 Å². The third-order valence-corrected chi connectivity index (χ3v) is 13.3. The summed E-state index contributed by atoms with van der Waals surface area (Å²) in [5.74, 6) is -2.45. The van der Waals surface area contributed by atoms with Crippen LogP contribution in [0, 0.1) is 6.85 Å². The molecule has 0 amide bonds. The Labute approximate surface area is 468 Å². The molecule has 1 N–H and O–H groups in total. The minimum Gasteiger partial charge on any atom is -0.507 e. The van der Waals surface area contributed by atoms with Crippen molar-refractivity contribution in [3.8, 4) is 78.6 Å². The van der Waals surface area contributed by atoms with Crippen molar-refractivity contribution in [2.45, 2.75) is 137 Å². The minimum atomic E-state index is -4.49. The van der Waals surface area contributed by atoms with E-state index in [0.717, 1.165) is 16.7 Å². The highest BCUT2D eigenvalue weighted by atomic mass is 16.3. The van der Waals surface area contributed by atoms with E-state index in [2.05, 4.69) is 20.8 Å². The molecular formula is C69H75N3O. The summed E-state index contributed by atoms with van der Waals surface area (Å²) in [6.07, 6.45) is 1.32. The van der Waals surface area contributed by atoms with Crippen LogP contribution in [-0.4, -0.2) is 19.6 Å². The van der Waals surface area contributed by atoms with Gasteiger partial charge in [0.2, 0.25) is 0 Å². The van der Waals surface area contributed by atoms with Gasteiger partial charge in [0.1, 0.15) is 11.6 Å². The number of aryl methyl sites for hydroxylation is 1. The first-order valence-corrected chi connectivity index (χ1v) is 24.2. The van der Waals surface area contributed by atoms with E-state index < -0.39 is 110 Å². The van der Waals surface area contributed by atoms with Crippen LogP contribution in [0.2, 0.25) is 0 Å². The first-order valence-electron chi connectivity index (χ1n) is 35.7. The van der Waals surface area contributed by atoms with Crippen molar-refractivity contribution >= 4 is 11.0 Å². The van der Waals surface area contributed by atoms with Gasteiger partial charge in [-0.15, -0.1) is 0 Å². The maximum atomic E-state index is 13.5. The number of pyridine rings is 1. The molecule has 0 aliphatic rings. The summed E-state index contributed by atoms with van der Waals surface area (Å²) >= 11 is 0. The molecule has 0 aliphatic heterocycles. The lowest BCUT2D eigenvalue weighted by atomic mass is 9.78. The number of imidazole rings is 1. The Kier molecular flexibility index (Phi) is 7.49. The van der Waals surface area contributed by atoms with E-state index in [0.29, 0.717) is 50.2 Å². The van der Waals surface area contributed by atoms with Gasteiger partial charge in [0.05, 0.1) is 30.7 Å². The third-order valence-electron chi connectivity index (χ3n) is 13.3. The molecule has 0 fully saturated rings. The summed E-state index contributed by atoms with van der Waals surface area (Å²) in [6, 6.07) is 38.2. The van der Waals surface area contributed by atoms with Crippen molar-refractivity contribution in [1.29, 1.82) is 0 Å². The molecule has 9 aromatic rings. The Bertz CT molecular complexity index is 4280.